The topological polar surface area (TPSA) is 84.2 Å². The Balaban J connectivity index is 1.76. The van der Waals surface area contributed by atoms with Gasteiger partial charge in [0.05, 0.1) is 22.5 Å². The zero-order valence-electron chi connectivity index (χ0n) is 14.4. The number of nitrogens with zero attached hydrogens (tertiary/aromatic N) is 1. The van der Waals surface area contributed by atoms with E-state index < -0.39 is 6.04 Å². The van der Waals surface area contributed by atoms with Gasteiger partial charge >= 0.3 is 0 Å². The van der Waals surface area contributed by atoms with Gasteiger partial charge in [0.2, 0.25) is 5.91 Å². The number of aromatic nitrogens is 1. The van der Waals surface area contributed by atoms with Crippen molar-refractivity contribution >= 4 is 23.2 Å². The molecule has 2 aromatic heterocycles. The van der Waals surface area contributed by atoms with Crippen LogP contribution in [0.3, 0.4) is 0 Å². The van der Waals surface area contributed by atoms with Crippen molar-refractivity contribution < 1.29 is 14.0 Å². The summed E-state index contributed by atoms with van der Waals surface area (Å²) in [6.45, 7) is 8.50. The minimum Gasteiger partial charge on any atom is -0.472 e. The van der Waals surface area contributed by atoms with E-state index in [0.29, 0.717) is 18.5 Å². The summed E-state index contributed by atoms with van der Waals surface area (Å²) in [5.74, 6) is -0.555. The number of thiazole rings is 1. The molecular weight excluding hydrogens is 326 g/mol. The van der Waals surface area contributed by atoms with Gasteiger partial charge in [0.1, 0.15) is 12.3 Å². The second-order valence-electron chi connectivity index (χ2n) is 6.62. The summed E-state index contributed by atoms with van der Waals surface area (Å²) in [5, 5.41) is 8.51. The molecule has 0 aliphatic heterocycles. The summed E-state index contributed by atoms with van der Waals surface area (Å²) in [7, 11) is 0. The fourth-order valence-electron chi connectivity index (χ4n) is 1.96. The van der Waals surface area contributed by atoms with Gasteiger partial charge in [-0.1, -0.05) is 20.8 Å². The predicted octanol–water partition coefficient (Wildman–Crippen LogP) is 2.51. The Morgan fingerprint density at radius 1 is 1.38 bits per heavy atom. The van der Waals surface area contributed by atoms with Crippen LogP contribution in [-0.4, -0.2) is 29.4 Å². The molecule has 2 amide bonds. The molecule has 0 aliphatic rings. The first-order valence-electron chi connectivity index (χ1n) is 7.83. The van der Waals surface area contributed by atoms with Gasteiger partial charge in [-0.15, -0.1) is 11.3 Å². The fraction of sp³-hybridized carbons (Fsp3) is 0.471. The number of hydrogen-bond acceptors (Lipinski definition) is 5. The van der Waals surface area contributed by atoms with Crippen LogP contribution in [0.2, 0.25) is 0 Å². The molecule has 7 heteroatoms. The summed E-state index contributed by atoms with van der Waals surface area (Å²) < 4.78 is 4.85. The van der Waals surface area contributed by atoms with Crippen LogP contribution in [-0.2, 0) is 16.6 Å². The molecule has 0 saturated heterocycles. The molecule has 2 N–H and O–H groups in total. The van der Waals surface area contributed by atoms with Gasteiger partial charge in [-0.2, -0.15) is 0 Å². The summed E-state index contributed by atoms with van der Waals surface area (Å²) in [6, 6.07) is 0.934. The first kappa shape index (κ1) is 18.2. The Labute approximate surface area is 145 Å². The van der Waals surface area contributed by atoms with E-state index in [1.807, 2.05) is 0 Å². The van der Waals surface area contributed by atoms with Crippen molar-refractivity contribution in [3.05, 3.63) is 40.2 Å². The fourth-order valence-corrected chi connectivity index (χ4v) is 2.98. The van der Waals surface area contributed by atoms with Gasteiger partial charge in [-0.3, -0.25) is 9.59 Å². The van der Waals surface area contributed by atoms with E-state index >= 15 is 0 Å². The molecule has 0 aliphatic carbocycles. The average molecular weight is 349 g/mol. The molecule has 0 saturated carbocycles. The third-order valence-corrected chi connectivity index (χ3v) is 4.39. The van der Waals surface area contributed by atoms with E-state index in [0.717, 1.165) is 10.7 Å². The molecule has 0 spiro atoms. The maximum atomic E-state index is 12.0. The van der Waals surface area contributed by atoms with E-state index in [9.17, 15) is 9.59 Å². The van der Waals surface area contributed by atoms with E-state index in [-0.39, 0.29) is 17.2 Å². The lowest BCUT2D eigenvalue weighted by Gasteiger charge is -2.14. The van der Waals surface area contributed by atoms with Gasteiger partial charge in [-0.05, 0) is 13.0 Å². The molecule has 1 atom stereocenters. The molecule has 0 unspecified atom stereocenters. The lowest BCUT2D eigenvalue weighted by Crippen LogP contribution is -2.45. The van der Waals surface area contributed by atoms with Crippen molar-refractivity contribution in [1.29, 1.82) is 0 Å². The smallest absolute Gasteiger partial charge is 0.255 e. The molecular formula is C17H23N3O3S. The first-order valence-corrected chi connectivity index (χ1v) is 8.71. The third kappa shape index (κ3) is 4.92. The lowest BCUT2D eigenvalue weighted by molar-refractivity contribution is -0.122. The zero-order valence-corrected chi connectivity index (χ0v) is 15.2. The Bertz CT molecular complexity index is 686. The van der Waals surface area contributed by atoms with E-state index in [2.05, 4.69) is 41.8 Å². The molecule has 6 nitrogen and oxygen atoms in total. The highest BCUT2D eigenvalue weighted by atomic mass is 32.1. The number of nitrogens with one attached hydrogen (secondary N) is 2. The zero-order chi connectivity index (χ0) is 17.7. The Morgan fingerprint density at radius 2 is 2.12 bits per heavy atom. The summed E-state index contributed by atoms with van der Waals surface area (Å²) in [5.41, 5.74) is 1.49. The van der Waals surface area contributed by atoms with Crippen molar-refractivity contribution in [2.45, 2.75) is 45.6 Å². The summed E-state index contributed by atoms with van der Waals surface area (Å²) in [4.78, 5) is 28.5. The first-order chi connectivity index (χ1) is 11.3. The van der Waals surface area contributed by atoms with E-state index in [1.165, 1.54) is 12.5 Å². The summed E-state index contributed by atoms with van der Waals surface area (Å²) >= 11 is 1.60. The van der Waals surface area contributed by atoms with Crippen molar-refractivity contribution in [2.24, 2.45) is 0 Å². The van der Waals surface area contributed by atoms with Crippen molar-refractivity contribution in [3.63, 3.8) is 0 Å². The second-order valence-corrected chi connectivity index (χ2v) is 7.57. The Kier molecular flexibility index (Phi) is 5.77. The van der Waals surface area contributed by atoms with Crippen molar-refractivity contribution in [3.8, 4) is 0 Å². The van der Waals surface area contributed by atoms with E-state index in [4.69, 9.17) is 4.42 Å². The average Bonchev–Trinajstić information content (AvgIpc) is 3.17. The van der Waals surface area contributed by atoms with Crippen LogP contribution in [0.25, 0.3) is 0 Å². The van der Waals surface area contributed by atoms with Crippen LogP contribution < -0.4 is 10.6 Å². The van der Waals surface area contributed by atoms with E-state index in [1.54, 1.807) is 24.3 Å². The molecule has 24 heavy (non-hydrogen) atoms. The molecule has 0 fully saturated rings. The molecule has 0 bridgehead atoms. The van der Waals surface area contributed by atoms with Gasteiger partial charge < -0.3 is 15.1 Å². The van der Waals surface area contributed by atoms with Crippen LogP contribution in [0.5, 0.6) is 0 Å². The van der Waals surface area contributed by atoms with Crippen molar-refractivity contribution in [1.82, 2.24) is 15.6 Å². The molecule has 0 radical (unpaired) electrons. The molecule has 2 heterocycles. The number of carbonyl (C=O) groups is 2. The number of rotatable bonds is 6. The maximum absolute atomic E-state index is 12.0. The number of hydrogen-bond donors (Lipinski definition) is 2. The minimum atomic E-state index is -0.617. The Hall–Kier alpha value is -2.15. The quantitative estimate of drug-likeness (QED) is 0.839. The third-order valence-electron chi connectivity index (χ3n) is 3.48. The molecule has 130 valence electrons. The normalized spacial score (nSPS) is 12.7. The second kappa shape index (κ2) is 7.61. The highest BCUT2D eigenvalue weighted by molar-refractivity contribution is 7.09. The maximum Gasteiger partial charge on any atom is 0.255 e. The molecule has 2 rings (SSSR count). The monoisotopic (exact) mass is 349 g/mol. The summed E-state index contributed by atoms with van der Waals surface area (Å²) in [6.07, 6.45) is 3.43. The standard InChI is InChI=1S/C17H23N3O3S/c1-11(19-16(22)12-6-8-23-9-12)15(21)18-7-5-14-20-13(10-24-14)17(2,3)4/h6,8-11H,5,7H2,1-4H3,(H,18,21)(H,19,22)/t11-/m1/s1. The molecule has 0 aromatic carbocycles. The largest absolute Gasteiger partial charge is 0.472 e. The number of amides is 2. The van der Waals surface area contributed by atoms with Crippen LogP contribution in [0.15, 0.2) is 28.4 Å². The number of carbonyl (C=O) groups excluding carboxylic acids is 2. The lowest BCUT2D eigenvalue weighted by atomic mass is 9.93. The van der Waals surface area contributed by atoms with Gasteiger partial charge in [0.25, 0.3) is 5.91 Å². The SMILES string of the molecule is C[C@@H](NC(=O)c1ccoc1)C(=O)NCCc1nc(C(C)(C)C)cs1. The molecule has 2 aromatic rings. The van der Waals surface area contributed by atoms with Crippen LogP contribution in [0, 0.1) is 0 Å². The number of furan rings is 1. The highest BCUT2D eigenvalue weighted by Gasteiger charge is 2.18. The van der Waals surface area contributed by atoms with Crippen LogP contribution in [0.1, 0.15) is 48.8 Å². The highest BCUT2D eigenvalue weighted by Crippen LogP contribution is 2.23. The Morgan fingerprint density at radius 3 is 2.71 bits per heavy atom. The van der Waals surface area contributed by atoms with Crippen LogP contribution in [0.4, 0.5) is 0 Å². The van der Waals surface area contributed by atoms with Gasteiger partial charge in [0.15, 0.2) is 0 Å². The van der Waals surface area contributed by atoms with Crippen LogP contribution >= 0.6 is 11.3 Å². The van der Waals surface area contributed by atoms with Crippen molar-refractivity contribution in [2.75, 3.05) is 6.54 Å². The van der Waals surface area contributed by atoms with Gasteiger partial charge in [-0.25, -0.2) is 4.98 Å². The van der Waals surface area contributed by atoms with Gasteiger partial charge in [0, 0.05) is 23.8 Å². The minimum absolute atomic E-state index is 0.0316. The predicted molar refractivity (Wildman–Crippen MR) is 93.2 cm³/mol.